The van der Waals surface area contributed by atoms with Crippen molar-refractivity contribution < 1.29 is 8.83 Å². The summed E-state index contributed by atoms with van der Waals surface area (Å²) in [4.78, 5) is 26.9. The number of hydrogen-bond acceptors (Lipinski definition) is 8. The highest BCUT2D eigenvalue weighted by atomic mass is 16.3. The summed E-state index contributed by atoms with van der Waals surface area (Å²) >= 11 is 0. The monoisotopic (exact) mass is 885 g/mol. The molecule has 9 heterocycles. The average Bonchev–Trinajstić information content (AvgIpc) is 4.10. The second kappa shape index (κ2) is 15.5. The summed E-state index contributed by atoms with van der Waals surface area (Å²) in [6.07, 6.45) is 18.4. The predicted molar refractivity (Wildman–Crippen MR) is 275 cm³/mol. The van der Waals surface area contributed by atoms with Crippen LogP contribution in [-0.4, -0.2) is 34.5 Å². The number of fused-ring (bicyclic) bond motifs is 9. The Bertz CT molecular complexity index is 4030. The van der Waals surface area contributed by atoms with Crippen LogP contribution in [0.25, 0.3) is 138 Å². The molecule has 5 aromatic carbocycles. The van der Waals surface area contributed by atoms with Crippen molar-refractivity contribution in [1.29, 1.82) is 0 Å². The minimum absolute atomic E-state index is 0.709. The first-order valence-corrected chi connectivity index (χ1v) is 22.7. The number of aromatic nitrogens is 7. The summed E-state index contributed by atoms with van der Waals surface area (Å²) in [6, 6.07) is 53.2. The van der Waals surface area contributed by atoms with Crippen molar-refractivity contribution in [2.45, 2.75) is 0 Å². The van der Waals surface area contributed by atoms with Gasteiger partial charge in [-0.05, 0) is 183 Å². The summed E-state index contributed by atoms with van der Waals surface area (Å²) in [6.45, 7) is 0. The second-order valence-electron chi connectivity index (χ2n) is 17.2. The lowest BCUT2D eigenvalue weighted by atomic mass is 9.97. The third-order valence-corrected chi connectivity index (χ3v) is 13.3. The van der Waals surface area contributed by atoms with Crippen LogP contribution in [0.15, 0.2) is 222 Å². The lowest BCUT2D eigenvalue weighted by Gasteiger charge is -2.14. The van der Waals surface area contributed by atoms with Gasteiger partial charge in [-0.1, -0.05) is 24.3 Å². The number of furan rings is 2. The Labute approximate surface area is 393 Å². The normalized spacial score (nSPS) is 11.8. The molecule has 0 aliphatic heterocycles. The maximum absolute atomic E-state index is 6.79. The number of nitrogens with zero attached hydrogens (tertiary/aromatic N) is 7. The number of hydrogen-bond donors (Lipinski definition) is 0. The van der Waals surface area contributed by atoms with E-state index in [4.69, 9.17) is 18.8 Å². The molecule has 9 heteroatoms. The molecular formula is C60H35N7O2. The van der Waals surface area contributed by atoms with Gasteiger partial charge >= 0.3 is 0 Å². The van der Waals surface area contributed by atoms with Crippen molar-refractivity contribution in [2.24, 2.45) is 0 Å². The van der Waals surface area contributed by atoms with E-state index < -0.39 is 0 Å². The third kappa shape index (κ3) is 6.40. The zero-order valence-corrected chi connectivity index (χ0v) is 36.7. The van der Waals surface area contributed by atoms with E-state index in [9.17, 15) is 0 Å². The van der Waals surface area contributed by atoms with Crippen LogP contribution in [0, 0.1) is 0 Å². The standard InChI is InChI=1S/C60H35N7O2/c1-5-53-49(32-40(1)36-9-19-61-20-10-36)50-33-41(37-11-21-62-22-12-37)2-6-54(50)67(53)46-30-44(47-17-27-65-57-51-34-42(38-13-23-63-24-14-38)3-7-55(51)68-59(47)57)29-45(31-46)48-18-28-66-58-52-35-43(39-15-25-64-26-16-39)4-8-56(52)69-60(48)58/h1-35H. The van der Waals surface area contributed by atoms with Crippen molar-refractivity contribution in [1.82, 2.24) is 34.5 Å². The Kier molecular flexibility index (Phi) is 8.68. The van der Waals surface area contributed by atoms with E-state index >= 15 is 0 Å². The first-order chi connectivity index (χ1) is 34.2. The first-order valence-electron chi connectivity index (χ1n) is 22.7. The number of pyridine rings is 6. The van der Waals surface area contributed by atoms with E-state index in [1.165, 1.54) is 0 Å². The summed E-state index contributed by atoms with van der Waals surface area (Å²) in [5.74, 6) is 0. The fraction of sp³-hybridized carbons (Fsp3) is 0. The maximum Gasteiger partial charge on any atom is 0.161 e. The number of rotatable bonds is 7. The zero-order valence-electron chi connectivity index (χ0n) is 36.7. The summed E-state index contributed by atoms with van der Waals surface area (Å²) < 4.78 is 16.0. The van der Waals surface area contributed by atoms with Crippen LogP contribution < -0.4 is 0 Å². The Balaban J connectivity index is 1.03. The van der Waals surface area contributed by atoms with Crippen LogP contribution in [-0.2, 0) is 0 Å². The van der Waals surface area contributed by atoms with Crippen LogP contribution in [0.5, 0.6) is 0 Å². The van der Waals surface area contributed by atoms with Crippen LogP contribution in [0.3, 0.4) is 0 Å². The largest absolute Gasteiger partial charge is 0.454 e. The Hall–Kier alpha value is -9.60. The van der Waals surface area contributed by atoms with Gasteiger partial charge in [0.05, 0.1) is 11.0 Å². The van der Waals surface area contributed by atoms with Crippen LogP contribution in [0.2, 0.25) is 0 Å². The number of benzene rings is 5. The molecule has 0 radical (unpaired) electrons. The highest BCUT2D eigenvalue weighted by Crippen LogP contribution is 2.44. The summed E-state index contributed by atoms with van der Waals surface area (Å²) in [5.41, 5.74) is 20.1. The van der Waals surface area contributed by atoms with Gasteiger partial charge in [-0.25, -0.2) is 0 Å². The van der Waals surface area contributed by atoms with Crippen LogP contribution >= 0.6 is 0 Å². The fourth-order valence-corrected chi connectivity index (χ4v) is 10.0. The van der Waals surface area contributed by atoms with Gasteiger partial charge in [-0.3, -0.25) is 29.9 Å². The molecule has 0 aliphatic rings. The molecule has 0 saturated carbocycles. The molecule has 0 bridgehead atoms. The summed E-state index contributed by atoms with van der Waals surface area (Å²) in [7, 11) is 0. The van der Waals surface area contributed by atoms with Crippen LogP contribution in [0.1, 0.15) is 0 Å². The van der Waals surface area contributed by atoms with Crippen molar-refractivity contribution in [3.8, 4) is 72.4 Å². The van der Waals surface area contributed by atoms with Gasteiger partial charge in [0, 0.05) is 100 Å². The first kappa shape index (κ1) is 38.6. The van der Waals surface area contributed by atoms with E-state index in [2.05, 4.69) is 140 Å². The van der Waals surface area contributed by atoms with E-state index in [0.29, 0.717) is 11.2 Å². The Morgan fingerprint density at radius 2 is 0.652 bits per heavy atom. The zero-order chi connectivity index (χ0) is 45.4. The van der Waals surface area contributed by atoms with Crippen LogP contribution in [0.4, 0.5) is 0 Å². The Morgan fingerprint density at radius 3 is 1.04 bits per heavy atom. The molecule has 0 spiro atoms. The lowest BCUT2D eigenvalue weighted by Crippen LogP contribution is -1.96. The van der Waals surface area contributed by atoms with Crippen molar-refractivity contribution in [3.63, 3.8) is 0 Å². The molecule has 0 aliphatic carbocycles. The molecule has 0 amide bonds. The van der Waals surface area contributed by atoms with Gasteiger partial charge in [0.1, 0.15) is 22.2 Å². The molecule has 0 fully saturated rings. The van der Waals surface area contributed by atoms with Gasteiger partial charge in [0.25, 0.3) is 0 Å². The minimum Gasteiger partial charge on any atom is -0.454 e. The fourth-order valence-electron chi connectivity index (χ4n) is 10.0. The smallest absolute Gasteiger partial charge is 0.161 e. The lowest BCUT2D eigenvalue weighted by molar-refractivity contribution is 0.669. The molecule has 69 heavy (non-hydrogen) atoms. The SMILES string of the molecule is c1cc(-c2ccc3oc4c(-c5cc(-c6ccnc7c6oc6ccc(-c8ccncc8)cc67)cc(-n6c7ccc(-c8ccncc8)cc7c7cc(-c8ccncc8)ccc76)c5)ccnc4c3c2)ccn1. The van der Waals surface area contributed by atoms with E-state index in [0.717, 1.165) is 127 Å². The molecule has 0 saturated heterocycles. The topological polar surface area (TPSA) is 109 Å². The maximum atomic E-state index is 6.79. The minimum atomic E-state index is 0.709. The second-order valence-corrected chi connectivity index (χ2v) is 17.2. The molecule has 9 nitrogen and oxygen atoms in total. The van der Waals surface area contributed by atoms with E-state index in [1.807, 2.05) is 98.4 Å². The van der Waals surface area contributed by atoms with Gasteiger partial charge in [0.15, 0.2) is 11.2 Å². The van der Waals surface area contributed by atoms with Crippen molar-refractivity contribution >= 4 is 65.9 Å². The van der Waals surface area contributed by atoms with Gasteiger partial charge in [-0.2, -0.15) is 0 Å². The van der Waals surface area contributed by atoms with E-state index in [-0.39, 0.29) is 0 Å². The molecule has 0 N–H and O–H groups in total. The van der Waals surface area contributed by atoms with Crippen molar-refractivity contribution in [2.75, 3.05) is 0 Å². The quantitative estimate of drug-likeness (QED) is 0.156. The molecule has 0 atom stereocenters. The van der Waals surface area contributed by atoms with E-state index in [1.54, 1.807) is 0 Å². The van der Waals surface area contributed by atoms with Gasteiger partial charge < -0.3 is 13.4 Å². The average molecular weight is 886 g/mol. The molecular weight excluding hydrogens is 851 g/mol. The van der Waals surface area contributed by atoms with Gasteiger partial charge in [0.2, 0.25) is 0 Å². The molecule has 0 unspecified atom stereocenters. The highest BCUT2D eigenvalue weighted by molar-refractivity contribution is 6.13. The molecule has 14 rings (SSSR count). The highest BCUT2D eigenvalue weighted by Gasteiger charge is 2.22. The summed E-state index contributed by atoms with van der Waals surface area (Å²) in [5, 5.41) is 4.15. The molecule has 14 aromatic rings. The predicted octanol–water partition coefficient (Wildman–Crippen LogP) is 15.0. The van der Waals surface area contributed by atoms with Crippen molar-refractivity contribution in [3.05, 3.63) is 214 Å². The van der Waals surface area contributed by atoms with Gasteiger partial charge in [-0.15, -0.1) is 0 Å². The molecule has 9 aromatic heterocycles. The Morgan fingerprint density at radius 1 is 0.290 bits per heavy atom. The third-order valence-electron chi connectivity index (χ3n) is 13.3. The molecule has 322 valence electrons.